The van der Waals surface area contributed by atoms with Crippen LogP contribution < -0.4 is 5.73 Å². The van der Waals surface area contributed by atoms with Crippen molar-refractivity contribution in [1.82, 2.24) is 0 Å². The maximum atomic E-state index is 5.50. The van der Waals surface area contributed by atoms with Gasteiger partial charge in [0.2, 0.25) is 0 Å². The molecule has 0 heterocycles. The van der Waals surface area contributed by atoms with Gasteiger partial charge in [-0.25, -0.2) is 0 Å². The van der Waals surface area contributed by atoms with Crippen LogP contribution >= 0.6 is 0 Å². The van der Waals surface area contributed by atoms with Crippen LogP contribution in [0, 0.1) is 11.3 Å². The molecule has 1 atom stereocenters. The first-order valence-electron chi connectivity index (χ1n) is 8.28. The third kappa shape index (κ3) is 6.05. The summed E-state index contributed by atoms with van der Waals surface area (Å²) in [7, 11) is 0. The van der Waals surface area contributed by atoms with E-state index in [1.807, 2.05) is 0 Å². The first kappa shape index (κ1) is 18.0. The van der Waals surface area contributed by atoms with Gasteiger partial charge in [-0.15, -0.1) is 0 Å². The second kappa shape index (κ2) is 8.38. The molecule has 2 N–H and O–H groups in total. The third-order valence-corrected chi connectivity index (χ3v) is 4.46. The highest BCUT2D eigenvalue weighted by Crippen LogP contribution is 2.40. The van der Waals surface area contributed by atoms with Crippen LogP contribution in [0.2, 0.25) is 0 Å². The van der Waals surface area contributed by atoms with E-state index < -0.39 is 0 Å². The molecule has 0 aromatic carbocycles. The first-order valence-corrected chi connectivity index (χ1v) is 8.28. The Morgan fingerprint density at radius 1 is 1.38 bits per heavy atom. The van der Waals surface area contributed by atoms with Crippen LogP contribution in [0.1, 0.15) is 60.3 Å². The Balaban J connectivity index is 2.61. The number of rotatable bonds is 6. The molecule has 0 aromatic rings. The molecule has 0 saturated heterocycles. The fourth-order valence-electron chi connectivity index (χ4n) is 3.07. The summed E-state index contributed by atoms with van der Waals surface area (Å²) >= 11 is 0. The number of nitrogens with two attached hydrogens (primary N) is 1. The molecule has 118 valence electrons. The summed E-state index contributed by atoms with van der Waals surface area (Å²) in [4.78, 5) is 0. The molecule has 1 aliphatic carbocycles. The highest BCUT2D eigenvalue weighted by molar-refractivity contribution is 5.32. The molecular formula is C20H33N. The Hall–Kier alpha value is -1.08. The van der Waals surface area contributed by atoms with Gasteiger partial charge in [0.25, 0.3) is 0 Å². The van der Waals surface area contributed by atoms with E-state index in [-0.39, 0.29) is 0 Å². The molecule has 1 rings (SSSR count). The van der Waals surface area contributed by atoms with E-state index >= 15 is 0 Å². The lowest BCUT2D eigenvalue weighted by Crippen LogP contribution is -2.19. The minimum absolute atomic E-state index is 0.342. The number of hydrogen-bond acceptors (Lipinski definition) is 1. The van der Waals surface area contributed by atoms with Crippen LogP contribution in [-0.2, 0) is 0 Å². The summed E-state index contributed by atoms with van der Waals surface area (Å²) < 4.78 is 0. The molecule has 1 unspecified atom stereocenters. The lowest BCUT2D eigenvalue weighted by molar-refractivity contribution is 0.376. The number of hydrogen-bond donors (Lipinski definition) is 1. The SMILES string of the molecule is CC1=C(/C=C/C(C)C/C=C\C(C)=C\CN)C(C)(C)CCC1. The molecule has 0 saturated carbocycles. The van der Waals surface area contributed by atoms with Crippen molar-refractivity contribution in [2.75, 3.05) is 6.54 Å². The molecule has 1 heteroatoms. The van der Waals surface area contributed by atoms with Gasteiger partial charge in [0.15, 0.2) is 0 Å². The molecule has 21 heavy (non-hydrogen) atoms. The molecule has 0 bridgehead atoms. The van der Waals surface area contributed by atoms with Gasteiger partial charge in [-0.2, -0.15) is 0 Å². The smallest absolute Gasteiger partial charge is 0.0112 e. The average Bonchev–Trinajstić information content (AvgIpc) is 2.37. The van der Waals surface area contributed by atoms with Gasteiger partial charge in [0.1, 0.15) is 0 Å². The van der Waals surface area contributed by atoms with E-state index in [4.69, 9.17) is 5.73 Å². The van der Waals surface area contributed by atoms with E-state index in [9.17, 15) is 0 Å². The molecule has 0 amide bonds. The van der Waals surface area contributed by atoms with Crippen LogP contribution in [0.25, 0.3) is 0 Å². The van der Waals surface area contributed by atoms with Crippen molar-refractivity contribution in [3.63, 3.8) is 0 Å². The highest BCUT2D eigenvalue weighted by Gasteiger charge is 2.26. The zero-order chi connectivity index (χ0) is 15.9. The van der Waals surface area contributed by atoms with E-state index in [0.717, 1.165) is 6.42 Å². The first-order chi connectivity index (χ1) is 9.86. The van der Waals surface area contributed by atoms with E-state index in [2.05, 4.69) is 65.0 Å². The van der Waals surface area contributed by atoms with Gasteiger partial charge in [-0.3, -0.25) is 0 Å². The predicted molar refractivity (Wildman–Crippen MR) is 95.2 cm³/mol. The van der Waals surface area contributed by atoms with E-state index in [0.29, 0.717) is 17.9 Å². The van der Waals surface area contributed by atoms with Crippen LogP contribution in [0.4, 0.5) is 0 Å². The van der Waals surface area contributed by atoms with Crippen molar-refractivity contribution in [3.8, 4) is 0 Å². The van der Waals surface area contributed by atoms with E-state index in [1.54, 1.807) is 11.1 Å². The molecule has 0 aromatic heterocycles. The molecule has 0 aliphatic heterocycles. The summed E-state index contributed by atoms with van der Waals surface area (Å²) in [5.74, 6) is 0.574. The fourth-order valence-corrected chi connectivity index (χ4v) is 3.07. The standard InChI is InChI=1S/C20H33N/c1-16(8-6-9-17(2)13-15-21)11-12-19-18(3)10-7-14-20(19,4)5/h6,9,11-13,16H,7-8,10,14-15,21H2,1-5H3/b9-6-,12-11+,17-13+. The van der Waals surface area contributed by atoms with Gasteiger partial charge in [-0.1, -0.05) is 62.3 Å². The molecule has 1 aliphatic rings. The number of allylic oxidation sites excluding steroid dienone is 7. The van der Waals surface area contributed by atoms with Crippen molar-refractivity contribution < 1.29 is 0 Å². The quantitative estimate of drug-likeness (QED) is 0.636. The minimum atomic E-state index is 0.342. The summed E-state index contributed by atoms with van der Waals surface area (Å²) in [6.07, 6.45) is 16.2. The van der Waals surface area contributed by atoms with Crippen molar-refractivity contribution in [3.05, 3.63) is 47.1 Å². The second-order valence-electron chi connectivity index (χ2n) is 7.09. The predicted octanol–water partition coefficient (Wildman–Crippen LogP) is 5.56. The minimum Gasteiger partial charge on any atom is -0.327 e. The van der Waals surface area contributed by atoms with Gasteiger partial charge in [0.05, 0.1) is 0 Å². The summed E-state index contributed by atoms with van der Waals surface area (Å²) in [6, 6.07) is 0. The summed E-state index contributed by atoms with van der Waals surface area (Å²) in [5.41, 5.74) is 10.2. The van der Waals surface area contributed by atoms with Crippen molar-refractivity contribution in [2.45, 2.75) is 60.3 Å². The largest absolute Gasteiger partial charge is 0.327 e. The zero-order valence-corrected chi connectivity index (χ0v) is 14.6. The molecular weight excluding hydrogens is 254 g/mol. The van der Waals surface area contributed by atoms with Crippen LogP contribution in [0.5, 0.6) is 0 Å². The van der Waals surface area contributed by atoms with Gasteiger partial charge in [0, 0.05) is 6.54 Å². The lowest BCUT2D eigenvalue weighted by Gasteiger charge is -2.33. The summed E-state index contributed by atoms with van der Waals surface area (Å²) in [5, 5.41) is 0. The molecule has 0 fully saturated rings. The second-order valence-corrected chi connectivity index (χ2v) is 7.09. The Kier molecular flexibility index (Phi) is 7.17. The van der Waals surface area contributed by atoms with Crippen LogP contribution in [0.15, 0.2) is 47.1 Å². The van der Waals surface area contributed by atoms with Crippen LogP contribution in [-0.4, -0.2) is 6.54 Å². The van der Waals surface area contributed by atoms with Gasteiger partial charge < -0.3 is 5.73 Å². The van der Waals surface area contributed by atoms with Crippen molar-refractivity contribution in [1.29, 1.82) is 0 Å². The van der Waals surface area contributed by atoms with E-state index in [1.165, 1.54) is 24.8 Å². The average molecular weight is 287 g/mol. The Morgan fingerprint density at radius 2 is 2.10 bits per heavy atom. The van der Waals surface area contributed by atoms with Crippen molar-refractivity contribution >= 4 is 0 Å². The Bertz CT molecular complexity index is 446. The monoisotopic (exact) mass is 287 g/mol. The topological polar surface area (TPSA) is 26.0 Å². The zero-order valence-electron chi connectivity index (χ0n) is 14.6. The normalized spacial score (nSPS) is 21.5. The Morgan fingerprint density at radius 3 is 2.71 bits per heavy atom. The van der Waals surface area contributed by atoms with Crippen LogP contribution in [0.3, 0.4) is 0 Å². The fraction of sp³-hybridized carbons (Fsp3) is 0.600. The maximum absolute atomic E-state index is 5.50. The maximum Gasteiger partial charge on any atom is 0.0112 e. The third-order valence-electron chi connectivity index (χ3n) is 4.46. The van der Waals surface area contributed by atoms with Gasteiger partial charge >= 0.3 is 0 Å². The lowest BCUT2D eigenvalue weighted by atomic mass is 9.72. The molecule has 0 radical (unpaired) electrons. The Labute approximate surface area is 131 Å². The molecule has 1 nitrogen and oxygen atoms in total. The highest BCUT2D eigenvalue weighted by atomic mass is 14.5. The summed E-state index contributed by atoms with van der Waals surface area (Å²) in [6.45, 7) is 12.1. The van der Waals surface area contributed by atoms with Gasteiger partial charge in [-0.05, 0) is 56.4 Å². The molecule has 0 spiro atoms. The van der Waals surface area contributed by atoms with Crippen molar-refractivity contribution in [2.24, 2.45) is 17.1 Å².